The second kappa shape index (κ2) is 7.41. The van der Waals surface area contributed by atoms with Crippen LogP contribution in [0, 0.1) is 0 Å². The Balaban J connectivity index is 1.99. The van der Waals surface area contributed by atoms with E-state index in [1.54, 1.807) is 23.9 Å². The Hall–Kier alpha value is -2.15. The molecule has 1 amide bonds. The molecule has 3 nitrogen and oxygen atoms in total. The molecule has 23 heavy (non-hydrogen) atoms. The summed E-state index contributed by atoms with van der Waals surface area (Å²) in [5.41, 5.74) is 1.98. The van der Waals surface area contributed by atoms with Gasteiger partial charge < -0.3 is 10.1 Å². The zero-order chi connectivity index (χ0) is 16.9. The minimum Gasteiger partial charge on any atom is -0.406 e. The topological polar surface area (TPSA) is 38.3 Å². The van der Waals surface area contributed by atoms with Crippen molar-refractivity contribution in [3.8, 4) is 5.75 Å². The smallest absolute Gasteiger partial charge is 0.406 e. The number of alkyl halides is 3. The monoisotopic (exact) mass is 341 g/mol. The van der Waals surface area contributed by atoms with Crippen molar-refractivity contribution in [2.75, 3.05) is 11.6 Å². The number of ether oxygens (including phenoxy) is 1. The zero-order valence-electron chi connectivity index (χ0n) is 12.2. The van der Waals surface area contributed by atoms with E-state index in [2.05, 4.69) is 10.1 Å². The van der Waals surface area contributed by atoms with E-state index in [4.69, 9.17) is 0 Å². The molecule has 2 aromatic carbocycles. The van der Waals surface area contributed by atoms with Crippen LogP contribution in [0.25, 0.3) is 0 Å². The highest BCUT2D eigenvalue weighted by molar-refractivity contribution is 7.97. The van der Waals surface area contributed by atoms with Crippen LogP contribution in [0.2, 0.25) is 0 Å². The average Bonchev–Trinajstić information content (AvgIpc) is 2.49. The van der Waals surface area contributed by atoms with Crippen molar-refractivity contribution in [3.63, 3.8) is 0 Å². The summed E-state index contributed by atoms with van der Waals surface area (Å²) in [7, 11) is 0. The number of hydrogen-bond donors (Lipinski definition) is 1. The lowest BCUT2D eigenvalue weighted by atomic mass is 10.1. The van der Waals surface area contributed by atoms with E-state index in [1.807, 2.05) is 18.4 Å². The highest BCUT2D eigenvalue weighted by Gasteiger charge is 2.30. The van der Waals surface area contributed by atoms with Gasteiger partial charge in [-0.2, -0.15) is 11.8 Å². The Bertz CT molecular complexity index is 655. The van der Waals surface area contributed by atoms with E-state index in [9.17, 15) is 18.0 Å². The van der Waals surface area contributed by atoms with Gasteiger partial charge in [-0.1, -0.05) is 12.1 Å². The number of amides is 1. The summed E-state index contributed by atoms with van der Waals surface area (Å²) in [4.78, 5) is 12.1. The molecule has 7 heteroatoms. The van der Waals surface area contributed by atoms with Gasteiger partial charge in [0.15, 0.2) is 0 Å². The summed E-state index contributed by atoms with van der Waals surface area (Å²) in [6.07, 6.45) is -2.74. The third kappa shape index (κ3) is 5.52. The predicted octanol–water partition coefficient (Wildman–Crippen LogP) is 4.70. The summed E-state index contributed by atoms with van der Waals surface area (Å²) < 4.78 is 40.0. The van der Waals surface area contributed by atoms with Crippen LogP contribution in [0.3, 0.4) is 0 Å². The van der Waals surface area contributed by atoms with E-state index in [1.165, 1.54) is 12.1 Å². The van der Waals surface area contributed by atoms with Gasteiger partial charge in [-0.3, -0.25) is 4.79 Å². The molecule has 0 radical (unpaired) electrons. The van der Waals surface area contributed by atoms with Gasteiger partial charge in [0.25, 0.3) is 5.91 Å². The molecule has 0 saturated heterocycles. The molecule has 0 aliphatic heterocycles. The normalized spacial score (nSPS) is 11.1. The Morgan fingerprint density at radius 2 is 1.70 bits per heavy atom. The molecule has 2 aromatic rings. The summed E-state index contributed by atoms with van der Waals surface area (Å²) in [5.74, 6) is 0.199. The third-order valence-electron chi connectivity index (χ3n) is 2.87. The molecule has 0 atom stereocenters. The van der Waals surface area contributed by atoms with Crippen molar-refractivity contribution in [2.45, 2.75) is 12.1 Å². The molecule has 122 valence electrons. The first kappa shape index (κ1) is 17.2. The number of halogens is 3. The highest BCUT2D eigenvalue weighted by atomic mass is 32.2. The van der Waals surface area contributed by atoms with Gasteiger partial charge in [-0.05, 0) is 48.2 Å². The first-order valence-corrected chi connectivity index (χ1v) is 8.02. The number of rotatable bonds is 5. The third-order valence-corrected chi connectivity index (χ3v) is 3.49. The van der Waals surface area contributed by atoms with Crippen LogP contribution >= 0.6 is 11.8 Å². The van der Waals surface area contributed by atoms with Gasteiger partial charge in [0, 0.05) is 17.0 Å². The van der Waals surface area contributed by atoms with Crippen molar-refractivity contribution in [2.24, 2.45) is 0 Å². The lowest BCUT2D eigenvalue weighted by Gasteiger charge is -2.10. The molecular weight excluding hydrogens is 327 g/mol. The van der Waals surface area contributed by atoms with Crippen molar-refractivity contribution in [3.05, 3.63) is 59.7 Å². The maximum absolute atomic E-state index is 12.1. The van der Waals surface area contributed by atoms with Crippen LogP contribution in [0.5, 0.6) is 5.75 Å². The zero-order valence-corrected chi connectivity index (χ0v) is 13.0. The SMILES string of the molecule is CSCc1ccc(C(=O)Nc2ccc(OC(F)(F)F)cc2)cc1. The minimum absolute atomic E-state index is 0.329. The van der Waals surface area contributed by atoms with Crippen molar-refractivity contribution < 1.29 is 22.7 Å². The molecule has 0 aromatic heterocycles. The van der Waals surface area contributed by atoms with Gasteiger partial charge in [0.1, 0.15) is 5.75 Å². The van der Waals surface area contributed by atoms with Crippen molar-refractivity contribution in [1.82, 2.24) is 0 Å². The van der Waals surface area contributed by atoms with E-state index >= 15 is 0 Å². The Kier molecular flexibility index (Phi) is 5.54. The number of nitrogens with one attached hydrogen (secondary N) is 1. The molecule has 2 rings (SSSR count). The first-order chi connectivity index (χ1) is 10.9. The number of benzene rings is 2. The molecule has 0 heterocycles. The van der Waals surface area contributed by atoms with E-state index in [0.29, 0.717) is 11.3 Å². The van der Waals surface area contributed by atoms with E-state index in [-0.39, 0.29) is 11.7 Å². The van der Waals surface area contributed by atoms with Crippen LogP contribution in [-0.2, 0) is 5.75 Å². The van der Waals surface area contributed by atoms with Gasteiger partial charge in [-0.15, -0.1) is 13.2 Å². The van der Waals surface area contributed by atoms with Crippen LogP contribution in [-0.4, -0.2) is 18.5 Å². The van der Waals surface area contributed by atoms with Gasteiger partial charge in [0.05, 0.1) is 0 Å². The van der Waals surface area contributed by atoms with E-state index in [0.717, 1.165) is 23.4 Å². The molecule has 0 unspecified atom stereocenters. The molecule has 0 spiro atoms. The summed E-state index contributed by atoms with van der Waals surface area (Å²) in [5, 5.41) is 2.62. The maximum Gasteiger partial charge on any atom is 0.573 e. The molecule has 0 saturated carbocycles. The fourth-order valence-electron chi connectivity index (χ4n) is 1.86. The number of carbonyl (C=O) groups excluding carboxylic acids is 1. The van der Waals surface area contributed by atoms with Gasteiger partial charge >= 0.3 is 6.36 Å². The largest absolute Gasteiger partial charge is 0.573 e. The Morgan fingerprint density at radius 3 is 2.22 bits per heavy atom. The second-order valence-electron chi connectivity index (χ2n) is 4.66. The van der Waals surface area contributed by atoms with E-state index < -0.39 is 6.36 Å². The molecule has 0 aliphatic carbocycles. The number of carbonyl (C=O) groups is 1. The predicted molar refractivity (Wildman–Crippen MR) is 84.7 cm³/mol. The first-order valence-electron chi connectivity index (χ1n) is 6.62. The van der Waals surface area contributed by atoms with Gasteiger partial charge in [0.2, 0.25) is 0 Å². The van der Waals surface area contributed by atoms with Crippen molar-refractivity contribution in [1.29, 1.82) is 0 Å². The lowest BCUT2D eigenvalue weighted by molar-refractivity contribution is -0.274. The summed E-state index contributed by atoms with van der Waals surface area (Å²) in [6.45, 7) is 0. The molecule has 1 N–H and O–H groups in total. The summed E-state index contributed by atoms with van der Waals surface area (Å²) in [6, 6.07) is 12.1. The lowest BCUT2D eigenvalue weighted by Crippen LogP contribution is -2.17. The average molecular weight is 341 g/mol. The van der Waals surface area contributed by atoms with Crippen molar-refractivity contribution >= 4 is 23.4 Å². The fourth-order valence-corrected chi connectivity index (χ4v) is 2.39. The summed E-state index contributed by atoms with van der Waals surface area (Å²) >= 11 is 1.68. The quantitative estimate of drug-likeness (QED) is 0.857. The molecule has 0 bridgehead atoms. The standard InChI is InChI=1S/C16H14F3NO2S/c1-23-10-11-2-4-12(5-3-11)15(21)20-13-6-8-14(9-7-13)22-16(17,18)19/h2-9H,10H2,1H3,(H,20,21). The molecular formula is C16H14F3NO2S. The molecule has 0 aliphatic rings. The Labute approximate surface area is 135 Å². The van der Waals surface area contributed by atoms with Crippen LogP contribution < -0.4 is 10.1 Å². The number of thioether (sulfide) groups is 1. The van der Waals surface area contributed by atoms with Crippen LogP contribution in [0.1, 0.15) is 15.9 Å². The number of hydrogen-bond acceptors (Lipinski definition) is 3. The van der Waals surface area contributed by atoms with Crippen LogP contribution in [0.4, 0.5) is 18.9 Å². The molecule has 0 fully saturated rings. The highest BCUT2D eigenvalue weighted by Crippen LogP contribution is 2.24. The second-order valence-corrected chi connectivity index (χ2v) is 5.52. The Morgan fingerprint density at radius 1 is 1.09 bits per heavy atom. The fraction of sp³-hybridized carbons (Fsp3) is 0.188. The minimum atomic E-state index is -4.73. The maximum atomic E-state index is 12.1. The van der Waals surface area contributed by atoms with Crippen LogP contribution in [0.15, 0.2) is 48.5 Å². The van der Waals surface area contributed by atoms with Gasteiger partial charge in [-0.25, -0.2) is 0 Å². The number of anilines is 1.